The molecule has 3 amide bonds. The maximum Gasteiger partial charge on any atom is 0.251 e. The van der Waals surface area contributed by atoms with Gasteiger partial charge in [-0.3, -0.25) is 14.4 Å². The summed E-state index contributed by atoms with van der Waals surface area (Å²) in [4.78, 5) is 50.0. The summed E-state index contributed by atoms with van der Waals surface area (Å²) in [6.07, 6.45) is 5.22. The van der Waals surface area contributed by atoms with Crippen molar-refractivity contribution in [1.82, 2.24) is 9.80 Å². The van der Waals surface area contributed by atoms with Crippen molar-refractivity contribution in [3.05, 3.63) is 126 Å². The molecule has 0 aromatic heterocycles. The van der Waals surface area contributed by atoms with E-state index in [2.05, 4.69) is 13.2 Å². The maximum atomic E-state index is 15.2. The Labute approximate surface area is 288 Å². The van der Waals surface area contributed by atoms with Gasteiger partial charge in [-0.2, -0.15) is 0 Å². The van der Waals surface area contributed by atoms with E-state index in [-0.39, 0.29) is 36.1 Å². The minimum Gasteiger partial charge on any atom is -0.394 e. The summed E-state index contributed by atoms with van der Waals surface area (Å²) in [7, 11) is 0. The van der Waals surface area contributed by atoms with Gasteiger partial charge >= 0.3 is 0 Å². The molecule has 1 spiro atoms. The number of fused-ring (bicyclic) bond motifs is 1. The number of carbonyl (C=O) groups is 3. The SMILES string of the molecule is C=CCN(Cc1ccccc1)C(=O)[C@@H]1[C@@H]2CCC3(S2)C(C(=O)N(CC=C)c2cc(C)ccc2C)N([C@@H](CO)Cc2ccccc2)C(=O)[C@H]13. The molecule has 6 rings (SSSR count). The van der Waals surface area contributed by atoms with Crippen LogP contribution in [-0.4, -0.2) is 74.4 Å². The summed E-state index contributed by atoms with van der Waals surface area (Å²) < 4.78 is -0.799. The van der Waals surface area contributed by atoms with Crippen molar-refractivity contribution in [3.8, 4) is 0 Å². The van der Waals surface area contributed by atoms with E-state index >= 15 is 4.79 Å². The van der Waals surface area contributed by atoms with Crippen molar-refractivity contribution >= 4 is 35.2 Å². The van der Waals surface area contributed by atoms with Gasteiger partial charge in [0.2, 0.25) is 11.8 Å². The molecule has 0 aliphatic carbocycles. The van der Waals surface area contributed by atoms with Gasteiger partial charge in [0, 0.05) is 30.6 Å². The number of hydrogen-bond acceptors (Lipinski definition) is 5. The van der Waals surface area contributed by atoms with Crippen LogP contribution < -0.4 is 4.90 Å². The first kappa shape index (κ1) is 33.7. The standard InChI is InChI=1S/C40H45N3O4S/c1-5-21-41(25-30-15-11-8-12-16-30)37(45)34-33-19-20-40(48-33)35(34)38(46)43(31(26-44)24-29-13-9-7-10-14-29)36(40)39(47)42(22-6-2)32-23-27(3)17-18-28(32)4/h5-18,23,31,33-36,44H,1-2,19-22,24-26H2,3-4H3/t31-,33+,34-,35+,36?,40?/m1/s1. The summed E-state index contributed by atoms with van der Waals surface area (Å²) in [6.45, 7) is 12.6. The highest BCUT2D eigenvalue weighted by molar-refractivity contribution is 8.02. The Balaban J connectivity index is 1.44. The number of rotatable bonds is 13. The topological polar surface area (TPSA) is 81.2 Å². The molecule has 2 unspecified atom stereocenters. The molecular weight excluding hydrogens is 619 g/mol. The molecule has 3 aliphatic heterocycles. The predicted molar refractivity (Wildman–Crippen MR) is 192 cm³/mol. The monoisotopic (exact) mass is 663 g/mol. The van der Waals surface area contributed by atoms with E-state index in [1.807, 2.05) is 92.7 Å². The molecule has 3 heterocycles. The first-order chi connectivity index (χ1) is 23.2. The van der Waals surface area contributed by atoms with Gasteiger partial charge in [-0.05, 0) is 61.4 Å². The van der Waals surface area contributed by atoms with Gasteiger partial charge < -0.3 is 19.8 Å². The molecule has 0 saturated carbocycles. The zero-order chi connectivity index (χ0) is 34.0. The lowest BCUT2D eigenvalue weighted by molar-refractivity contribution is -0.145. The van der Waals surface area contributed by atoms with Crippen LogP contribution in [0.5, 0.6) is 0 Å². The molecule has 3 saturated heterocycles. The van der Waals surface area contributed by atoms with Crippen LogP contribution in [-0.2, 0) is 27.3 Å². The Morgan fingerprint density at radius 2 is 1.65 bits per heavy atom. The van der Waals surface area contributed by atoms with Crippen molar-refractivity contribution in [2.75, 3.05) is 24.6 Å². The lowest BCUT2D eigenvalue weighted by atomic mass is 9.70. The molecule has 250 valence electrons. The molecule has 1 N–H and O–H groups in total. The highest BCUT2D eigenvalue weighted by Gasteiger charge is 2.74. The summed E-state index contributed by atoms with van der Waals surface area (Å²) in [6, 6.07) is 24.1. The van der Waals surface area contributed by atoms with Gasteiger partial charge in [-0.25, -0.2) is 0 Å². The van der Waals surface area contributed by atoms with Gasteiger partial charge in [0.1, 0.15) is 6.04 Å². The quantitative estimate of drug-likeness (QED) is 0.236. The number of amides is 3. The zero-order valence-corrected chi connectivity index (χ0v) is 28.6. The second-order valence-electron chi connectivity index (χ2n) is 13.3. The molecule has 3 aliphatic rings. The van der Waals surface area contributed by atoms with Crippen LogP contribution in [0.4, 0.5) is 5.69 Å². The molecule has 0 radical (unpaired) electrons. The van der Waals surface area contributed by atoms with E-state index in [9.17, 15) is 14.7 Å². The number of likely N-dealkylation sites (tertiary alicyclic amines) is 1. The van der Waals surface area contributed by atoms with E-state index in [1.54, 1.807) is 38.6 Å². The lowest BCUT2D eigenvalue weighted by Crippen LogP contribution is -2.58. The maximum absolute atomic E-state index is 15.2. The normalized spacial score (nSPS) is 24.6. The van der Waals surface area contributed by atoms with Crippen molar-refractivity contribution in [2.45, 2.75) is 61.7 Å². The second-order valence-corrected chi connectivity index (χ2v) is 14.9. The fourth-order valence-electron chi connectivity index (χ4n) is 8.18. The zero-order valence-electron chi connectivity index (χ0n) is 27.8. The third-order valence-corrected chi connectivity index (χ3v) is 12.2. The van der Waals surface area contributed by atoms with Crippen LogP contribution in [0.2, 0.25) is 0 Å². The van der Waals surface area contributed by atoms with Crippen LogP contribution in [0.3, 0.4) is 0 Å². The van der Waals surface area contributed by atoms with E-state index in [1.165, 1.54) is 0 Å². The lowest BCUT2D eigenvalue weighted by Gasteiger charge is -2.40. The van der Waals surface area contributed by atoms with Gasteiger partial charge in [0.05, 0.1) is 29.2 Å². The van der Waals surface area contributed by atoms with Crippen LogP contribution in [0.25, 0.3) is 0 Å². The summed E-state index contributed by atoms with van der Waals surface area (Å²) in [5, 5.41) is 10.8. The molecule has 3 aromatic rings. The van der Waals surface area contributed by atoms with Crippen LogP contribution in [0.15, 0.2) is 104 Å². The Hall–Kier alpha value is -4.14. The summed E-state index contributed by atoms with van der Waals surface area (Å²) in [5.41, 5.74) is 4.71. The van der Waals surface area contributed by atoms with Crippen molar-refractivity contribution < 1.29 is 19.5 Å². The average molecular weight is 664 g/mol. The highest BCUT2D eigenvalue weighted by atomic mass is 32.2. The Morgan fingerprint density at radius 3 is 2.29 bits per heavy atom. The molecule has 7 nitrogen and oxygen atoms in total. The number of thioether (sulfide) groups is 1. The van der Waals surface area contributed by atoms with Crippen LogP contribution in [0, 0.1) is 25.7 Å². The third-order valence-electron chi connectivity index (χ3n) is 10.3. The fraction of sp³-hybridized carbons (Fsp3) is 0.375. The fourth-order valence-corrected chi connectivity index (χ4v) is 10.4. The minimum atomic E-state index is -0.856. The first-order valence-corrected chi connectivity index (χ1v) is 17.7. The number of aliphatic hydroxyl groups is 1. The Morgan fingerprint density at radius 1 is 0.979 bits per heavy atom. The predicted octanol–water partition coefficient (Wildman–Crippen LogP) is 5.73. The van der Waals surface area contributed by atoms with Crippen LogP contribution >= 0.6 is 11.8 Å². The number of carbonyl (C=O) groups excluding carboxylic acids is 3. The van der Waals surface area contributed by atoms with E-state index in [0.717, 1.165) is 34.4 Å². The van der Waals surface area contributed by atoms with Gasteiger partial charge in [-0.15, -0.1) is 24.9 Å². The van der Waals surface area contributed by atoms with Crippen molar-refractivity contribution in [1.29, 1.82) is 0 Å². The molecule has 6 atom stereocenters. The Bertz CT molecular complexity index is 1680. The number of anilines is 1. The van der Waals surface area contributed by atoms with E-state index in [0.29, 0.717) is 25.9 Å². The molecule has 48 heavy (non-hydrogen) atoms. The number of aryl methyl sites for hydroxylation is 2. The third kappa shape index (κ3) is 6.01. The van der Waals surface area contributed by atoms with Gasteiger partial charge in [0.25, 0.3) is 5.91 Å². The summed E-state index contributed by atoms with van der Waals surface area (Å²) >= 11 is 1.65. The van der Waals surface area contributed by atoms with Gasteiger partial charge in [-0.1, -0.05) is 84.9 Å². The van der Waals surface area contributed by atoms with E-state index in [4.69, 9.17) is 0 Å². The molecule has 8 heteroatoms. The smallest absolute Gasteiger partial charge is 0.251 e. The average Bonchev–Trinajstić information content (AvgIpc) is 3.75. The molecule has 3 aromatic carbocycles. The number of hydrogen-bond donors (Lipinski definition) is 1. The highest BCUT2D eigenvalue weighted by Crippen LogP contribution is 2.67. The number of aliphatic hydroxyl groups excluding tert-OH is 1. The van der Waals surface area contributed by atoms with Crippen molar-refractivity contribution in [2.24, 2.45) is 11.8 Å². The minimum absolute atomic E-state index is 0.0784. The molecule has 3 fully saturated rings. The number of benzene rings is 3. The summed E-state index contributed by atoms with van der Waals surface area (Å²) in [5.74, 6) is -1.75. The first-order valence-electron chi connectivity index (χ1n) is 16.8. The van der Waals surface area contributed by atoms with Crippen LogP contribution in [0.1, 0.15) is 35.1 Å². The van der Waals surface area contributed by atoms with Gasteiger partial charge in [0.15, 0.2) is 0 Å². The Kier molecular flexibility index (Phi) is 9.95. The van der Waals surface area contributed by atoms with E-state index < -0.39 is 28.7 Å². The number of nitrogens with zero attached hydrogens (tertiary/aromatic N) is 3. The molecular formula is C40H45N3O4S. The largest absolute Gasteiger partial charge is 0.394 e. The molecule has 2 bridgehead atoms. The second kappa shape index (κ2) is 14.1. The van der Waals surface area contributed by atoms with Crippen molar-refractivity contribution in [3.63, 3.8) is 0 Å².